The fourth-order valence-corrected chi connectivity index (χ4v) is 3.58. The molecule has 0 radical (unpaired) electrons. The Morgan fingerprint density at radius 1 is 0.870 bits per heavy atom. The maximum absolute atomic E-state index is 12.6. The Bertz CT molecular complexity index is 924. The zero-order chi connectivity index (χ0) is 16.0. The minimum absolute atomic E-state index is 0.0752. The number of carbonyl (C=O) groups is 1. The lowest BCUT2D eigenvalue weighted by atomic mass is 9.85. The van der Waals surface area contributed by atoms with Crippen LogP contribution in [0, 0.1) is 13.8 Å². The van der Waals surface area contributed by atoms with E-state index in [1.807, 2.05) is 18.2 Å². The van der Waals surface area contributed by atoms with Crippen LogP contribution in [-0.2, 0) is 11.3 Å². The normalized spacial score (nSPS) is 14.1. The van der Waals surface area contributed by atoms with Crippen LogP contribution in [0.3, 0.4) is 0 Å². The lowest BCUT2D eigenvalue weighted by molar-refractivity contribution is 0.0667. The summed E-state index contributed by atoms with van der Waals surface area (Å²) in [5.74, 6) is 0.0752. The largest absolute Gasteiger partial charge is 0.369 e. The number of fused-ring (bicyclic) bond motifs is 2. The number of hydrogen-bond donors (Lipinski definition) is 0. The molecule has 2 nitrogen and oxygen atoms in total. The Morgan fingerprint density at radius 2 is 1.65 bits per heavy atom. The van der Waals surface area contributed by atoms with E-state index in [1.165, 1.54) is 16.5 Å². The van der Waals surface area contributed by atoms with Crippen LogP contribution in [-0.4, -0.2) is 12.4 Å². The molecule has 0 unspecified atom stereocenters. The lowest BCUT2D eigenvalue weighted by Gasteiger charge is -2.22. The number of hydrogen-bond acceptors (Lipinski definition) is 2. The first-order valence-corrected chi connectivity index (χ1v) is 7.88. The summed E-state index contributed by atoms with van der Waals surface area (Å²) < 4.78 is 5.46. The third-order valence-electron chi connectivity index (χ3n) is 4.52. The molecule has 23 heavy (non-hydrogen) atoms. The van der Waals surface area contributed by atoms with Gasteiger partial charge in [-0.15, -0.1) is 0 Å². The first-order chi connectivity index (χ1) is 11.1. The quantitative estimate of drug-likeness (QED) is 0.643. The second-order valence-corrected chi connectivity index (χ2v) is 6.24. The molecule has 0 amide bonds. The van der Waals surface area contributed by atoms with Crippen LogP contribution in [0.2, 0.25) is 0 Å². The SMILES string of the molecule is Cc1cc(C)c2cc3c(c(-c4ccccc4)c2c1)C(=O)COC3. The molecule has 3 aromatic rings. The molecule has 0 aliphatic carbocycles. The van der Waals surface area contributed by atoms with Gasteiger partial charge in [0.25, 0.3) is 0 Å². The fourth-order valence-electron chi connectivity index (χ4n) is 3.58. The standard InChI is InChI=1S/C21H18O2/c1-13-8-14(2)17-10-16-11-23-12-19(22)21(16)20(18(17)9-13)15-6-4-3-5-7-15/h3-10H,11-12H2,1-2H3. The minimum Gasteiger partial charge on any atom is -0.369 e. The summed E-state index contributed by atoms with van der Waals surface area (Å²) in [6.45, 7) is 4.90. The molecule has 3 aromatic carbocycles. The van der Waals surface area contributed by atoms with E-state index in [0.717, 1.165) is 27.6 Å². The molecule has 114 valence electrons. The summed E-state index contributed by atoms with van der Waals surface area (Å²) >= 11 is 0. The fraction of sp³-hybridized carbons (Fsp3) is 0.190. The second kappa shape index (κ2) is 5.32. The van der Waals surface area contributed by atoms with Gasteiger partial charge in [-0.05, 0) is 47.4 Å². The maximum Gasteiger partial charge on any atom is 0.189 e. The number of ether oxygens (including phenoxy) is 1. The van der Waals surface area contributed by atoms with E-state index in [2.05, 4.69) is 44.2 Å². The monoisotopic (exact) mass is 302 g/mol. The van der Waals surface area contributed by atoms with Gasteiger partial charge in [0.1, 0.15) is 6.61 Å². The molecule has 0 fully saturated rings. The van der Waals surface area contributed by atoms with Gasteiger partial charge in [0.2, 0.25) is 0 Å². The molecule has 0 atom stereocenters. The van der Waals surface area contributed by atoms with Crippen molar-refractivity contribution in [2.75, 3.05) is 6.61 Å². The Morgan fingerprint density at radius 3 is 2.43 bits per heavy atom. The van der Waals surface area contributed by atoms with Crippen molar-refractivity contribution in [2.24, 2.45) is 0 Å². The van der Waals surface area contributed by atoms with Crippen LogP contribution < -0.4 is 0 Å². The maximum atomic E-state index is 12.6. The molecular weight excluding hydrogens is 284 g/mol. The molecule has 0 aromatic heterocycles. The van der Waals surface area contributed by atoms with Crippen molar-refractivity contribution < 1.29 is 9.53 Å². The van der Waals surface area contributed by atoms with Crippen molar-refractivity contribution in [3.05, 3.63) is 70.8 Å². The van der Waals surface area contributed by atoms with E-state index in [0.29, 0.717) is 6.61 Å². The van der Waals surface area contributed by atoms with E-state index >= 15 is 0 Å². The Kier molecular flexibility index (Phi) is 3.28. The zero-order valence-corrected chi connectivity index (χ0v) is 13.3. The van der Waals surface area contributed by atoms with E-state index in [4.69, 9.17) is 4.74 Å². The second-order valence-electron chi connectivity index (χ2n) is 6.24. The molecule has 2 heteroatoms. The summed E-state index contributed by atoms with van der Waals surface area (Å²) in [6, 6.07) is 16.7. The molecular formula is C21H18O2. The molecule has 0 spiro atoms. The molecule has 4 rings (SSSR count). The van der Waals surface area contributed by atoms with Crippen molar-refractivity contribution in [2.45, 2.75) is 20.5 Å². The van der Waals surface area contributed by atoms with Gasteiger partial charge < -0.3 is 4.74 Å². The Labute approximate surface area is 135 Å². The third kappa shape index (κ3) is 2.27. The van der Waals surface area contributed by atoms with E-state index in [9.17, 15) is 4.79 Å². The van der Waals surface area contributed by atoms with E-state index in [-0.39, 0.29) is 12.4 Å². The van der Waals surface area contributed by atoms with Crippen LogP contribution in [0.4, 0.5) is 0 Å². The number of aryl methyl sites for hydroxylation is 2. The summed E-state index contributed by atoms with van der Waals surface area (Å²) in [5, 5.41) is 2.36. The Balaban J connectivity index is 2.19. The summed E-state index contributed by atoms with van der Waals surface area (Å²) in [6.07, 6.45) is 0. The molecule has 0 N–H and O–H groups in total. The van der Waals surface area contributed by atoms with Crippen molar-refractivity contribution in [1.29, 1.82) is 0 Å². The topological polar surface area (TPSA) is 26.3 Å². The van der Waals surface area contributed by atoms with Gasteiger partial charge >= 0.3 is 0 Å². The summed E-state index contributed by atoms with van der Waals surface area (Å²) in [4.78, 5) is 12.6. The number of benzene rings is 3. The highest BCUT2D eigenvalue weighted by molar-refractivity contribution is 6.13. The van der Waals surface area contributed by atoms with Gasteiger partial charge in [-0.2, -0.15) is 0 Å². The predicted molar refractivity (Wildman–Crippen MR) is 92.8 cm³/mol. The zero-order valence-electron chi connectivity index (χ0n) is 13.3. The highest BCUT2D eigenvalue weighted by Crippen LogP contribution is 2.38. The average molecular weight is 302 g/mol. The van der Waals surface area contributed by atoms with Crippen molar-refractivity contribution >= 4 is 16.6 Å². The average Bonchev–Trinajstić information content (AvgIpc) is 2.54. The molecule has 1 aliphatic heterocycles. The predicted octanol–water partition coefficient (Wildman–Crippen LogP) is 4.84. The molecule has 0 bridgehead atoms. The highest BCUT2D eigenvalue weighted by atomic mass is 16.5. The number of ketones is 1. The van der Waals surface area contributed by atoms with Crippen LogP contribution in [0.1, 0.15) is 27.0 Å². The van der Waals surface area contributed by atoms with Crippen LogP contribution in [0.15, 0.2) is 48.5 Å². The molecule has 1 heterocycles. The van der Waals surface area contributed by atoms with Gasteiger partial charge in [0, 0.05) is 11.1 Å². The van der Waals surface area contributed by atoms with Crippen molar-refractivity contribution in [1.82, 2.24) is 0 Å². The first-order valence-electron chi connectivity index (χ1n) is 7.88. The molecule has 0 saturated carbocycles. The van der Waals surface area contributed by atoms with Crippen LogP contribution >= 0.6 is 0 Å². The lowest BCUT2D eigenvalue weighted by Crippen LogP contribution is -2.19. The van der Waals surface area contributed by atoms with Crippen molar-refractivity contribution in [3.63, 3.8) is 0 Å². The van der Waals surface area contributed by atoms with Gasteiger partial charge in [0.05, 0.1) is 6.61 Å². The number of carbonyl (C=O) groups excluding carboxylic acids is 1. The smallest absolute Gasteiger partial charge is 0.189 e. The van der Waals surface area contributed by atoms with Crippen LogP contribution in [0.5, 0.6) is 0 Å². The van der Waals surface area contributed by atoms with Gasteiger partial charge in [-0.1, -0.05) is 48.0 Å². The third-order valence-corrected chi connectivity index (χ3v) is 4.52. The Hall–Kier alpha value is -2.45. The number of Topliss-reactive ketones (excluding diaryl/α,β-unsaturated/α-hetero) is 1. The first kappa shape index (κ1) is 14.2. The van der Waals surface area contributed by atoms with Gasteiger partial charge in [-0.25, -0.2) is 0 Å². The van der Waals surface area contributed by atoms with E-state index < -0.39 is 0 Å². The van der Waals surface area contributed by atoms with E-state index in [1.54, 1.807) is 0 Å². The van der Waals surface area contributed by atoms with Gasteiger partial charge in [0.15, 0.2) is 5.78 Å². The highest BCUT2D eigenvalue weighted by Gasteiger charge is 2.24. The van der Waals surface area contributed by atoms with Crippen LogP contribution in [0.25, 0.3) is 21.9 Å². The minimum atomic E-state index is 0.0752. The molecule has 1 aliphatic rings. The molecule has 0 saturated heterocycles. The summed E-state index contributed by atoms with van der Waals surface area (Å²) in [5.41, 5.74) is 6.43. The van der Waals surface area contributed by atoms with Crippen molar-refractivity contribution in [3.8, 4) is 11.1 Å². The van der Waals surface area contributed by atoms with Gasteiger partial charge in [-0.3, -0.25) is 4.79 Å². The number of rotatable bonds is 1. The summed E-state index contributed by atoms with van der Waals surface area (Å²) in [7, 11) is 0.